The smallest absolute Gasteiger partial charge is 0.326 e. The second-order valence-corrected chi connectivity index (χ2v) is 8.63. The maximum Gasteiger partial charge on any atom is 0.326 e. The largest absolute Gasteiger partial charge is 0.497 e. The van der Waals surface area contributed by atoms with Crippen molar-refractivity contribution in [1.82, 2.24) is 10.2 Å². The van der Waals surface area contributed by atoms with Gasteiger partial charge >= 0.3 is 12.0 Å². The second-order valence-electron chi connectivity index (χ2n) is 7.65. The number of methoxy groups -OCH3 is 3. The monoisotopic (exact) mass is 474 g/mol. The molecule has 0 bridgehead atoms. The number of aliphatic carboxylic acids is 1. The van der Waals surface area contributed by atoms with Crippen molar-refractivity contribution in [3.8, 4) is 17.2 Å². The first-order chi connectivity index (χ1) is 15.9. The highest BCUT2D eigenvalue weighted by molar-refractivity contribution is 7.98. The van der Waals surface area contributed by atoms with E-state index in [1.807, 2.05) is 42.7 Å². The van der Waals surface area contributed by atoms with Gasteiger partial charge in [-0.15, -0.1) is 0 Å². The summed E-state index contributed by atoms with van der Waals surface area (Å²) in [5.41, 5.74) is 2.85. The molecule has 0 aromatic heterocycles. The molecule has 0 saturated carbocycles. The van der Waals surface area contributed by atoms with Crippen molar-refractivity contribution in [3.05, 3.63) is 53.1 Å². The van der Waals surface area contributed by atoms with Gasteiger partial charge < -0.3 is 29.5 Å². The normalized spacial score (nSPS) is 15.9. The van der Waals surface area contributed by atoms with E-state index in [1.54, 1.807) is 38.0 Å². The number of hydrogen-bond acceptors (Lipinski definition) is 6. The van der Waals surface area contributed by atoms with Crippen LogP contribution in [0.15, 0.2) is 36.4 Å². The van der Waals surface area contributed by atoms with E-state index in [-0.39, 0.29) is 0 Å². The van der Waals surface area contributed by atoms with Crippen LogP contribution in [-0.2, 0) is 11.2 Å². The Morgan fingerprint density at radius 3 is 2.36 bits per heavy atom. The molecular formula is C24H30N2O6S. The minimum absolute atomic E-state index is 0.352. The zero-order chi connectivity index (χ0) is 24.0. The fraction of sp³-hybridized carbons (Fsp3) is 0.417. The van der Waals surface area contributed by atoms with Crippen LogP contribution in [0, 0.1) is 0 Å². The van der Waals surface area contributed by atoms with Gasteiger partial charge in [0.1, 0.15) is 11.8 Å². The fourth-order valence-corrected chi connectivity index (χ4v) is 4.51. The van der Waals surface area contributed by atoms with E-state index in [9.17, 15) is 14.7 Å². The number of carboxylic acid groups (broad SMARTS) is 1. The molecule has 0 fully saturated rings. The van der Waals surface area contributed by atoms with Gasteiger partial charge in [-0.25, -0.2) is 9.59 Å². The number of benzene rings is 2. The van der Waals surface area contributed by atoms with Gasteiger partial charge in [0.15, 0.2) is 11.5 Å². The second kappa shape index (κ2) is 11.2. The van der Waals surface area contributed by atoms with Gasteiger partial charge in [0, 0.05) is 6.54 Å². The molecule has 0 saturated heterocycles. The number of carboxylic acids is 1. The fourth-order valence-electron chi connectivity index (χ4n) is 4.04. The molecule has 2 aromatic carbocycles. The molecule has 0 aliphatic carbocycles. The van der Waals surface area contributed by atoms with Crippen molar-refractivity contribution in [2.75, 3.05) is 39.9 Å². The number of hydrogen-bond donors (Lipinski definition) is 2. The summed E-state index contributed by atoms with van der Waals surface area (Å²) in [6, 6.07) is 9.57. The summed E-state index contributed by atoms with van der Waals surface area (Å²) in [6.45, 7) is 0.430. The maximum atomic E-state index is 13.3. The van der Waals surface area contributed by atoms with E-state index < -0.39 is 24.1 Å². The van der Waals surface area contributed by atoms with Crippen LogP contribution < -0.4 is 19.5 Å². The quantitative estimate of drug-likeness (QED) is 0.573. The van der Waals surface area contributed by atoms with Crippen LogP contribution in [0.1, 0.15) is 29.2 Å². The number of amides is 2. The third-order valence-corrected chi connectivity index (χ3v) is 6.42. The standard InChI is InChI=1S/C24H30N2O6S/c1-30-17-7-5-15(6-8-17)22-18-14-21(32-3)20(31-2)13-16(18)9-11-26(22)24(29)25-19(23(27)28)10-12-33-4/h5-8,13-14,19,22H,9-12H2,1-4H3,(H,25,29)(H,27,28)/t19-,22?/m1/s1. The van der Waals surface area contributed by atoms with E-state index in [0.717, 1.165) is 16.7 Å². The lowest BCUT2D eigenvalue weighted by atomic mass is 9.87. The van der Waals surface area contributed by atoms with Crippen molar-refractivity contribution >= 4 is 23.8 Å². The Bertz CT molecular complexity index is 982. The lowest BCUT2D eigenvalue weighted by molar-refractivity contribution is -0.139. The molecule has 1 unspecified atom stereocenters. The van der Waals surface area contributed by atoms with Gasteiger partial charge in [-0.2, -0.15) is 11.8 Å². The Labute approximate surface area is 198 Å². The van der Waals surface area contributed by atoms with E-state index in [0.29, 0.717) is 42.4 Å². The van der Waals surface area contributed by atoms with E-state index in [1.165, 1.54) is 0 Å². The molecule has 3 rings (SSSR count). The summed E-state index contributed by atoms with van der Waals surface area (Å²) in [4.78, 5) is 26.7. The third kappa shape index (κ3) is 5.47. The highest BCUT2D eigenvalue weighted by atomic mass is 32.2. The zero-order valence-corrected chi connectivity index (χ0v) is 20.1. The van der Waals surface area contributed by atoms with Gasteiger partial charge in [0.2, 0.25) is 0 Å². The summed E-state index contributed by atoms with van der Waals surface area (Å²) >= 11 is 1.54. The van der Waals surface area contributed by atoms with E-state index >= 15 is 0 Å². The SMILES string of the molecule is COc1ccc(C2c3cc(OC)c(OC)cc3CCN2C(=O)N[C@H](CCSC)C(=O)O)cc1. The van der Waals surface area contributed by atoms with Gasteiger partial charge in [0.25, 0.3) is 0 Å². The molecule has 1 aliphatic heterocycles. The topological polar surface area (TPSA) is 97.3 Å². The highest BCUT2D eigenvalue weighted by Crippen LogP contribution is 2.41. The lowest BCUT2D eigenvalue weighted by Crippen LogP contribution is -2.51. The molecule has 178 valence electrons. The Kier molecular flexibility index (Phi) is 8.32. The summed E-state index contributed by atoms with van der Waals surface area (Å²) in [7, 11) is 4.76. The number of thioether (sulfide) groups is 1. The van der Waals surface area contributed by atoms with Crippen LogP contribution in [0.3, 0.4) is 0 Å². The van der Waals surface area contributed by atoms with Crippen LogP contribution >= 0.6 is 11.8 Å². The number of fused-ring (bicyclic) bond motifs is 1. The summed E-state index contributed by atoms with van der Waals surface area (Å²) in [6.07, 6.45) is 2.87. The van der Waals surface area contributed by atoms with E-state index in [4.69, 9.17) is 14.2 Å². The highest BCUT2D eigenvalue weighted by Gasteiger charge is 2.35. The average Bonchev–Trinajstić information content (AvgIpc) is 2.84. The minimum atomic E-state index is -1.04. The first-order valence-electron chi connectivity index (χ1n) is 10.6. The van der Waals surface area contributed by atoms with Crippen LogP contribution in [0.2, 0.25) is 0 Å². The summed E-state index contributed by atoms with van der Waals surface area (Å²) in [5.74, 6) is 1.51. The van der Waals surface area contributed by atoms with Crippen molar-refractivity contribution in [3.63, 3.8) is 0 Å². The van der Waals surface area contributed by atoms with Crippen LogP contribution in [0.25, 0.3) is 0 Å². The number of urea groups is 1. The van der Waals surface area contributed by atoms with Crippen molar-refractivity contribution in [1.29, 1.82) is 0 Å². The molecule has 2 N–H and O–H groups in total. The molecule has 9 heteroatoms. The van der Waals surface area contributed by atoms with Gasteiger partial charge in [0.05, 0.1) is 27.4 Å². The Morgan fingerprint density at radius 2 is 1.79 bits per heavy atom. The number of ether oxygens (including phenoxy) is 3. The molecule has 33 heavy (non-hydrogen) atoms. The molecule has 8 nitrogen and oxygen atoms in total. The molecular weight excluding hydrogens is 444 g/mol. The predicted octanol–water partition coefficient (Wildman–Crippen LogP) is 3.58. The van der Waals surface area contributed by atoms with Gasteiger partial charge in [-0.3, -0.25) is 0 Å². The lowest BCUT2D eigenvalue weighted by Gasteiger charge is -2.38. The third-order valence-electron chi connectivity index (χ3n) is 5.77. The van der Waals surface area contributed by atoms with Crippen LogP contribution in [0.5, 0.6) is 17.2 Å². The van der Waals surface area contributed by atoms with Crippen molar-refractivity contribution in [2.24, 2.45) is 0 Å². The number of rotatable bonds is 9. The minimum Gasteiger partial charge on any atom is -0.497 e. The van der Waals surface area contributed by atoms with Crippen molar-refractivity contribution in [2.45, 2.75) is 24.9 Å². The first-order valence-corrected chi connectivity index (χ1v) is 12.0. The molecule has 2 atom stereocenters. The van der Waals surface area contributed by atoms with Crippen molar-refractivity contribution < 1.29 is 28.9 Å². The molecule has 2 amide bonds. The summed E-state index contributed by atoms with van der Waals surface area (Å²) in [5, 5.41) is 12.3. The predicted molar refractivity (Wildman–Crippen MR) is 128 cm³/mol. The first kappa shape index (κ1) is 24.6. The number of carbonyl (C=O) groups is 2. The molecule has 0 spiro atoms. The Balaban J connectivity index is 2.02. The van der Waals surface area contributed by atoms with Crippen LogP contribution in [0.4, 0.5) is 4.79 Å². The Hall–Kier alpha value is -3.07. The Morgan fingerprint density at radius 1 is 1.12 bits per heavy atom. The number of nitrogens with zero attached hydrogens (tertiary/aromatic N) is 1. The number of carbonyl (C=O) groups excluding carboxylic acids is 1. The average molecular weight is 475 g/mol. The molecule has 1 aliphatic rings. The maximum absolute atomic E-state index is 13.3. The zero-order valence-electron chi connectivity index (χ0n) is 19.3. The summed E-state index contributed by atoms with van der Waals surface area (Å²) < 4.78 is 16.3. The molecule has 0 radical (unpaired) electrons. The van der Waals surface area contributed by atoms with E-state index in [2.05, 4.69) is 5.32 Å². The van der Waals surface area contributed by atoms with Crippen LogP contribution in [-0.4, -0.2) is 67.9 Å². The van der Waals surface area contributed by atoms with Gasteiger partial charge in [-0.1, -0.05) is 12.1 Å². The molecule has 2 aromatic rings. The molecule has 1 heterocycles. The number of nitrogens with one attached hydrogen (secondary N) is 1. The van der Waals surface area contributed by atoms with Gasteiger partial charge in [-0.05, 0) is 65.8 Å².